The van der Waals surface area contributed by atoms with Crippen molar-refractivity contribution in [1.29, 1.82) is 0 Å². The first-order chi connectivity index (χ1) is 30.3. The molecule has 20 nitrogen and oxygen atoms in total. The largest absolute Gasteiger partial charge is 0.481 e. The number of fused-ring (bicyclic) bond motifs is 1. The number of benzene rings is 2. The molecule has 0 saturated heterocycles. The molecule has 4 rings (SSSR count). The number of aromatic nitrogens is 2. The predicted octanol–water partition coefficient (Wildman–Crippen LogP) is 3.19. The van der Waals surface area contributed by atoms with Crippen molar-refractivity contribution in [1.82, 2.24) is 25.5 Å². The first kappa shape index (κ1) is 49.4. The van der Waals surface area contributed by atoms with Gasteiger partial charge in [-0.1, -0.05) is 45.7 Å². The number of carbonyl (C=O) groups excluding carboxylic acids is 5. The van der Waals surface area contributed by atoms with Gasteiger partial charge in [-0.05, 0) is 91.8 Å². The van der Waals surface area contributed by atoms with Crippen molar-refractivity contribution >= 4 is 81.4 Å². The number of carbonyl (C=O) groups is 7. The van der Waals surface area contributed by atoms with Gasteiger partial charge in [0.2, 0.25) is 17.7 Å². The number of nitrogens with zero attached hydrogens (tertiary/aromatic N) is 2. The first-order valence-corrected chi connectivity index (χ1v) is 20.8. The normalized spacial score (nSPS) is 13.4. The third-order valence-corrected chi connectivity index (χ3v) is 10.4. The smallest absolute Gasteiger partial charge is 0.326 e. The molecule has 342 valence electrons. The van der Waals surface area contributed by atoms with E-state index >= 15 is 0 Å². The molecule has 2 aromatic carbocycles. The van der Waals surface area contributed by atoms with Gasteiger partial charge in [-0.15, -0.1) is 0 Å². The summed E-state index contributed by atoms with van der Waals surface area (Å²) in [5.41, 5.74) is 10.9. The molecule has 0 fully saturated rings. The monoisotopic (exact) mass is 904 g/mol. The minimum atomic E-state index is -1.76. The number of hydrogen-bond acceptors (Lipinski definition) is 9. The molecule has 0 spiro atoms. The number of aliphatic carboxylic acids is 2. The minimum absolute atomic E-state index is 0.0471. The molecule has 5 atom stereocenters. The fraction of sp³-hybridized carbons (Fsp3) is 0.372. The molecule has 12 N–H and O–H groups in total. The summed E-state index contributed by atoms with van der Waals surface area (Å²) in [6, 6.07) is 9.59. The van der Waals surface area contributed by atoms with Crippen LogP contribution in [0.2, 0.25) is 5.02 Å². The lowest BCUT2D eigenvalue weighted by Crippen LogP contribution is -2.57. The van der Waals surface area contributed by atoms with Gasteiger partial charge in [-0.25, -0.2) is 4.79 Å². The second kappa shape index (κ2) is 22.7. The van der Waals surface area contributed by atoms with Crippen LogP contribution in [0.1, 0.15) is 86.6 Å². The Kier molecular flexibility index (Phi) is 17.6. The van der Waals surface area contributed by atoms with Gasteiger partial charge < -0.3 is 57.8 Å². The van der Waals surface area contributed by atoms with Crippen molar-refractivity contribution in [2.45, 2.75) is 84.0 Å². The van der Waals surface area contributed by atoms with Gasteiger partial charge in [0.25, 0.3) is 17.4 Å². The molecule has 0 aliphatic heterocycles. The molecule has 2 aromatic heterocycles. The topological polar surface area (TPSA) is 322 Å². The highest BCUT2D eigenvalue weighted by molar-refractivity contribution is 6.31. The summed E-state index contributed by atoms with van der Waals surface area (Å²) < 4.78 is 1.06. The Balaban J connectivity index is 1.52. The third-order valence-electron chi connectivity index (χ3n) is 10.1. The average Bonchev–Trinajstić information content (AvgIpc) is 3.63. The Labute approximate surface area is 372 Å². The van der Waals surface area contributed by atoms with Gasteiger partial charge in [-0.2, -0.15) is 0 Å². The first-order valence-electron chi connectivity index (χ1n) is 20.4. The van der Waals surface area contributed by atoms with Crippen molar-refractivity contribution in [3.63, 3.8) is 0 Å². The summed E-state index contributed by atoms with van der Waals surface area (Å²) in [4.78, 5) is 112. The summed E-state index contributed by atoms with van der Waals surface area (Å²) in [5.74, 6) is -7.28. The number of rotatable bonds is 22. The van der Waals surface area contributed by atoms with Crippen molar-refractivity contribution in [2.24, 2.45) is 28.3 Å². The molecule has 0 saturated carbocycles. The van der Waals surface area contributed by atoms with Crippen LogP contribution in [0, 0.1) is 11.8 Å². The standard InChI is InChI=1S/C43H53ClN10O10/c1-5-23(4)35(40(61)51-31(21-34(55)56)39(60)49-29(8-6-16-47-43(45)46)38(59)52-32(42(63)64)18-22(2)3)54-17-7-9-30(41(54)62)50-36(57)24-10-12-25(13-11-24)37(58)53-33-20-26-19-27(44)14-15-28(26)48-33/h7,9-15,17,19-20,22-23,29,31-32,35,48H,5-6,8,16,18,21H2,1-4H3,(H,49,60)(H,50,57)(H,51,61)(H,52,59)(H,53,58)(H,55,56)(H,63,64)(H4,45,46,47)/t23?,29-,31-,32-,35?/m0/s1. The quantitative estimate of drug-likeness (QED) is 0.0309. The molecule has 4 aromatic rings. The molecule has 0 aliphatic carbocycles. The van der Waals surface area contributed by atoms with Gasteiger partial charge in [-0.3, -0.25) is 38.6 Å². The molecule has 0 radical (unpaired) electrons. The van der Waals surface area contributed by atoms with Crippen LogP contribution in [0.15, 0.2) is 76.6 Å². The van der Waals surface area contributed by atoms with E-state index in [1.807, 2.05) is 0 Å². The van der Waals surface area contributed by atoms with Gasteiger partial charge in [0.1, 0.15) is 35.7 Å². The van der Waals surface area contributed by atoms with E-state index in [4.69, 9.17) is 23.1 Å². The highest BCUT2D eigenvalue weighted by Crippen LogP contribution is 2.24. The fourth-order valence-electron chi connectivity index (χ4n) is 6.69. The minimum Gasteiger partial charge on any atom is -0.481 e. The van der Waals surface area contributed by atoms with E-state index in [-0.39, 0.29) is 54.5 Å². The van der Waals surface area contributed by atoms with Crippen molar-refractivity contribution in [2.75, 3.05) is 17.2 Å². The Morgan fingerprint density at radius 1 is 0.812 bits per heavy atom. The van der Waals surface area contributed by atoms with E-state index < -0.39 is 83.5 Å². The molecule has 0 aliphatic rings. The highest BCUT2D eigenvalue weighted by Gasteiger charge is 2.34. The van der Waals surface area contributed by atoms with Gasteiger partial charge in [0.15, 0.2) is 5.96 Å². The van der Waals surface area contributed by atoms with Crippen LogP contribution in [-0.4, -0.2) is 91.9 Å². The molecular weight excluding hydrogens is 852 g/mol. The number of nitrogens with two attached hydrogens (primary N) is 2. The van der Waals surface area contributed by atoms with Crippen molar-refractivity contribution in [3.05, 3.63) is 93.4 Å². The van der Waals surface area contributed by atoms with Gasteiger partial charge in [0.05, 0.1) is 6.42 Å². The Morgan fingerprint density at radius 3 is 2.02 bits per heavy atom. The van der Waals surface area contributed by atoms with Crippen LogP contribution >= 0.6 is 11.6 Å². The maximum Gasteiger partial charge on any atom is 0.326 e. The number of halogens is 1. The summed E-state index contributed by atoms with van der Waals surface area (Å²) in [7, 11) is 0. The number of aromatic amines is 1. The lowest BCUT2D eigenvalue weighted by atomic mass is 9.97. The third kappa shape index (κ3) is 13.9. The number of pyridine rings is 1. The number of carboxylic acid groups (broad SMARTS) is 2. The molecule has 2 heterocycles. The Bertz CT molecular complexity index is 2450. The second-order valence-corrected chi connectivity index (χ2v) is 16.0. The lowest BCUT2D eigenvalue weighted by Gasteiger charge is -2.28. The van der Waals surface area contributed by atoms with Crippen LogP contribution in [-0.2, 0) is 24.0 Å². The fourth-order valence-corrected chi connectivity index (χ4v) is 6.87. The number of guanidine groups is 1. The maximum absolute atomic E-state index is 14.1. The average molecular weight is 905 g/mol. The summed E-state index contributed by atoms with van der Waals surface area (Å²) >= 11 is 6.06. The molecule has 21 heteroatoms. The molecule has 2 unspecified atom stereocenters. The van der Waals surface area contributed by atoms with Crippen LogP contribution in [0.3, 0.4) is 0 Å². The Hall–Kier alpha value is -7.22. The van der Waals surface area contributed by atoms with E-state index in [0.29, 0.717) is 17.3 Å². The van der Waals surface area contributed by atoms with Crippen molar-refractivity contribution in [3.8, 4) is 0 Å². The summed E-state index contributed by atoms with van der Waals surface area (Å²) in [5, 5.41) is 33.4. The summed E-state index contributed by atoms with van der Waals surface area (Å²) in [6.07, 6.45) is 0.842. The van der Waals surface area contributed by atoms with Gasteiger partial charge >= 0.3 is 11.9 Å². The SMILES string of the molecule is CCC(C)C(C(=O)N[C@@H](CC(=O)O)C(=O)N[C@@H](CCCN=C(N)N)C(=O)N[C@@H](CC(C)C)C(=O)O)n1cccc(NC(=O)c2ccc(C(=O)Nc3cc4cc(Cl)ccc4[nH]3)cc2)c1=O. The van der Waals surface area contributed by atoms with E-state index in [9.17, 15) is 48.6 Å². The zero-order valence-electron chi connectivity index (χ0n) is 35.6. The van der Waals surface area contributed by atoms with Gasteiger partial charge in [0, 0.05) is 39.8 Å². The predicted molar refractivity (Wildman–Crippen MR) is 240 cm³/mol. The van der Waals surface area contributed by atoms with E-state index in [0.717, 1.165) is 15.5 Å². The number of carboxylic acids is 2. The Morgan fingerprint density at radius 2 is 1.42 bits per heavy atom. The van der Waals surface area contributed by atoms with Crippen LogP contribution in [0.25, 0.3) is 10.9 Å². The molecule has 5 amide bonds. The number of H-pyrrole nitrogens is 1. The van der Waals surface area contributed by atoms with Crippen LogP contribution in [0.5, 0.6) is 0 Å². The number of aliphatic imine (C=N–C) groups is 1. The number of anilines is 2. The van der Waals surface area contributed by atoms with Crippen LogP contribution < -0.4 is 43.6 Å². The van der Waals surface area contributed by atoms with E-state index in [2.05, 4.69) is 36.6 Å². The van der Waals surface area contributed by atoms with Crippen LogP contribution in [0.4, 0.5) is 11.5 Å². The number of amides is 5. The van der Waals surface area contributed by atoms with E-state index in [1.165, 1.54) is 42.6 Å². The van der Waals surface area contributed by atoms with Crippen molar-refractivity contribution < 1.29 is 43.8 Å². The highest BCUT2D eigenvalue weighted by atomic mass is 35.5. The second-order valence-electron chi connectivity index (χ2n) is 15.6. The summed E-state index contributed by atoms with van der Waals surface area (Å²) in [6.45, 7) is 6.98. The van der Waals surface area contributed by atoms with E-state index in [1.54, 1.807) is 52.0 Å². The lowest BCUT2D eigenvalue weighted by molar-refractivity contribution is -0.143. The number of nitrogens with one attached hydrogen (secondary N) is 6. The zero-order valence-corrected chi connectivity index (χ0v) is 36.4. The zero-order chi connectivity index (χ0) is 47.2. The molecule has 64 heavy (non-hydrogen) atoms. The molecule has 0 bridgehead atoms. The number of hydrogen-bond donors (Lipinski definition) is 10. The maximum atomic E-state index is 14.1. The molecular formula is C43H53ClN10O10.